The van der Waals surface area contributed by atoms with Crippen LogP contribution in [0.5, 0.6) is 0 Å². The van der Waals surface area contributed by atoms with Crippen LogP contribution in [0, 0.1) is 23.7 Å². The smallest absolute Gasteiger partial charge is 0.250 e. The molecule has 0 N–H and O–H groups in total. The lowest BCUT2D eigenvalue weighted by Crippen LogP contribution is -2.38. The van der Waals surface area contributed by atoms with Gasteiger partial charge in [0.2, 0.25) is 8.32 Å². The first-order chi connectivity index (χ1) is 13.1. The summed E-state index contributed by atoms with van der Waals surface area (Å²) in [6.07, 6.45) is 11.5. The van der Waals surface area contributed by atoms with Gasteiger partial charge in [-0.25, -0.2) is 0 Å². The Morgan fingerprint density at radius 2 is 1.78 bits per heavy atom. The summed E-state index contributed by atoms with van der Waals surface area (Å²) in [5.74, 6) is 4.67. The van der Waals surface area contributed by atoms with E-state index in [0.29, 0.717) is 5.92 Å². The lowest BCUT2D eigenvalue weighted by atomic mass is 9.75. The molecular weight excluding hydrogens is 352 g/mol. The second kappa shape index (κ2) is 9.93. The molecule has 0 aromatic rings. The van der Waals surface area contributed by atoms with Crippen molar-refractivity contribution in [1.29, 1.82) is 0 Å². The summed E-state index contributed by atoms with van der Waals surface area (Å²) >= 11 is 0. The number of hydrogen-bond acceptors (Lipinski definition) is 3. The normalized spacial score (nSPS) is 30.2. The average molecular weight is 395 g/mol. The Balaban J connectivity index is 1.53. The third-order valence-corrected chi connectivity index (χ3v) is 12.4. The zero-order valence-corrected chi connectivity index (χ0v) is 19.2. The average Bonchev–Trinajstić information content (AvgIpc) is 3.36. The maximum Gasteiger partial charge on any atom is 0.250 e. The maximum atomic E-state index is 6.88. The highest BCUT2D eigenvalue weighted by Gasteiger charge is 2.44. The largest absolute Gasteiger partial charge is 0.547 e. The molecule has 1 saturated carbocycles. The first-order valence-electron chi connectivity index (χ1n) is 11.7. The fourth-order valence-corrected chi connectivity index (χ4v) is 8.54. The van der Waals surface area contributed by atoms with E-state index in [1.54, 1.807) is 0 Å². The van der Waals surface area contributed by atoms with E-state index >= 15 is 0 Å². The quantitative estimate of drug-likeness (QED) is 0.395. The molecule has 4 atom stereocenters. The standard InChI is InChI=1S/C23H42O3Si/c1-5-27(6-2,7-3)26-22-12-9-11-20-19(14-15-21(20)22)18(4)10-8-13-23-24-16-17-25-23/h12,18-21,23H,5-11,13-17H2,1-4H3/t18-,19-,20-,21-/m1/s1. The third-order valence-electron chi connectivity index (χ3n) is 7.88. The van der Waals surface area contributed by atoms with E-state index in [2.05, 4.69) is 33.8 Å². The van der Waals surface area contributed by atoms with Gasteiger partial charge in [-0.1, -0.05) is 34.1 Å². The van der Waals surface area contributed by atoms with Crippen LogP contribution < -0.4 is 0 Å². The summed E-state index contributed by atoms with van der Waals surface area (Å²) in [6.45, 7) is 11.1. The zero-order chi connectivity index (χ0) is 19.3. The lowest BCUT2D eigenvalue weighted by Gasteiger charge is -2.38. The van der Waals surface area contributed by atoms with Gasteiger partial charge in [-0.2, -0.15) is 0 Å². The van der Waals surface area contributed by atoms with Crippen molar-refractivity contribution in [2.24, 2.45) is 23.7 Å². The molecular formula is C23H42O3Si. The van der Waals surface area contributed by atoms with Crippen molar-refractivity contribution in [1.82, 2.24) is 0 Å². The molecule has 0 bridgehead atoms. The SMILES string of the molecule is CC[Si](CC)(CC)OC1=CCC[C@@H]2[C@@H]([C@H](C)CCCC3OCCO3)CC[C@@H]12. The maximum absolute atomic E-state index is 6.88. The van der Waals surface area contributed by atoms with Crippen LogP contribution >= 0.6 is 0 Å². The monoisotopic (exact) mass is 394 g/mol. The Morgan fingerprint density at radius 1 is 1.07 bits per heavy atom. The first-order valence-corrected chi connectivity index (χ1v) is 14.3. The van der Waals surface area contributed by atoms with Crippen molar-refractivity contribution in [3.05, 3.63) is 11.8 Å². The Hall–Kier alpha value is -0.323. The predicted octanol–water partition coefficient (Wildman–Crippen LogP) is 6.51. The van der Waals surface area contributed by atoms with Crippen LogP contribution in [0.3, 0.4) is 0 Å². The number of hydrogen-bond donors (Lipinski definition) is 0. The molecule has 27 heavy (non-hydrogen) atoms. The van der Waals surface area contributed by atoms with E-state index in [-0.39, 0.29) is 6.29 Å². The minimum atomic E-state index is -1.55. The first kappa shape index (κ1) is 21.4. The Labute approximate surface area is 168 Å². The van der Waals surface area contributed by atoms with Gasteiger partial charge >= 0.3 is 0 Å². The molecule has 0 aromatic heterocycles. The summed E-state index contributed by atoms with van der Waals surface area (Å²) in [5, 5.41) is 0. The summed E-state index contributed by atoms with van der Waals surface area (Å²) in [7, 11) is -1.55. The van der Waals surface area contributed by atoms with Gasteiger partial charge in [0.1, 0.15) is 0 Å². The molecule has 0 aromatic carbocycles. The second-order valence-electron chi connectivity index (χ2n) is 9.12. The zero-order valence-electron chi connectivity index (χ0n) is 18.2. The van der Waals surface area contributed by atoms with Crippen LogP contribution in [0.25, 0.3) is 0 Å². The number of allylic oxidation sites excluding steroid dienone is 2. The summed E-state index contributed by atoms with van der Waals surface area (Å²) in [4.78, 5) is 0. The van der Waals surface area contributed by atoms with Gasteiger partial charge in [0.25, 0.3) is 0 Å². The van der Waals surface area contributed by atoms with Crippen LogP contribution in [-0.2, 0) is 13.9 Å². The highest BCUT2D eigenvalue weighted by molar-refractivity contribution is 6.73. The molecule has 1 aliphatic heterocycles. The highest BCUT2D eigenvalue weighted by atomic mass is 28.4. The Kier molecular flexibility index (Phi) is 7.87. The number of ether oxygens (including phenoxy) is 2. The minimum absolute atomic E-state index is 0.0707. The van der Waals surface area contributed by atoms with Crippen molar-refractivity contribution < 1.29 is 13.9 Å². The lowest BCUT2D eigenvalue weighted by molar-refractivity contribution is -0.0488. The molecule has 156 valence electrons. The highest BCUT2D eigenvalue weighted by Crippen LogP contribution is 2.51. The van der Waals surface area contributed by atoms with Crippen LogP contribution in [-0.4, -0.2) is 27.8 Å². The predicted molar refractivity (Wildman–Crippen MR) is 114 cm³/mol. The van der Waals surface area contributed by atoms with Gasteiger partial charge in [0.15, 0.2) is 6.29 Å². The van der Waals surface area contributed by atoms with Crippen molar-refractivity contribution in [3.63, 3.8) is 0 Å². The summed E-state index contributed by atoms with van der Waals surface area (Å²) < 4.78 is 18.1. The van der Waals surface area contributed by atoms with Crippen molar-refractivity contribution >= 4 is 8.32 Å². The van der Waals surface area contributed by atoms with E-state index < -0.39 is 8.32 Å². The van der Waals surface area contributed by atoms with E-state index in [1.165, 1.54) is 62.4 Å². The molecule has 4 heteroatoms. The van der Waals surface area contributed by atoms with Gasteiger partial charge in [0, 0.05) is 5.92 Å². The molecule has 2 fully saturated rings. The van der Waals surface area contributed by atoms with Gasteiger partial charge < -0.3 is 13.9 Å². The molecule has 3 nitrogen and oxygen atoms in total. The third kappa shape index (κ3) is 5.00. The van der Waals surface area contributed by atoms with Gasteiger partial charge in [0.05, 0.1) is 19.0 Å². The van der Waals surface area contributed by atoms with Gasteiger partial charge in [-0.05, 0) is 80.5 Å². The fourth-order valence-electron chi connectivity index (χ4n) is 5.87. The molecule has 0 amide bonds. The van der Waals surface area contributed by atoms with Crippen molar-refractivity contribution in [2.45, 2.75) is 97.1 Å². The topological polar surface area (TPSA) is 27.7 Å². The summed E-state index contributed by atoms with van der Waals surface area (Å²) in [5.41, 5.74) is 0. The fraction of sp³-hybridized carbons (Fsp3) is 0.913. The van der Waals surface area contributed by atoms with Crippen LogP contribution in [0.4, 0.5) is 0 Å². The molecule has 3 aliphatic rings. The number of rotatable bonds is 10. The molecule has 0 unspecified atom stereocenters. The van der Waals surface area contributed by atoms with E-state index in [9.17, 15) is 0 Å². The molecule has 1 heterocycles. The van der Waals surface area contributed by atoms with Gasteiger partial charge in [-0.15, -0.1) is 0 Å². The van der Waals surface area contributed by atoms with Crippen LogP contribution in [0.15, 0.2) is 11.8 Å². The Bertz CT molecular complexity index is 474. The summed E-state index contributed by atoms with van der Waals surface area (Å²) in [6, 6.07) is 3.75. The number of fused-ring (bicyclic) bond motifs is 1. The van der Waals surface area contributed by atoms with E-state index in [0.717, 1.165) is 37.4 Å². The Morgan fingerprint density at radius 3 is 2.44 bits per heavy atom. The molecule has 0 radical (unpaired) electrons. The minimum Gasteiger partial charge on any atom is -0.547 e. The van der Waals surface area contributed by atoms with Gasteiger partial charge in [-0.3, -0.25) is 0 Å². The van der Waals surface area contributed by atoms with Crippen molar-refractivity contribution in [3.8, 4) is 0 Å². The second-order valence-corrected chi connectivity index (χ2v) is 13.8. The molecule has 0 spiro atoms. The van der Waals surface area contributed by atoms with Crippen molar-refractivity contribution in [2.75, 3.05) is 13.2 Å². The molecule has 1 saturated heterocycles. The van der Waals surface area contributed by atoms with E-state index in [4.69, 9.17) is 13.9 Å². The van der Waals surface area contributed by atoms with E-state index in [1.807, 2.05) is 0 Å². The van der Waals surface area contributed by atoms with Crippen LogP contribution in [0.1, 0.15) is 72.6 Å². The molecule has 2 aliphatic carbocycles. The van der Waals surface area contributed by atoms with Crippen LogP contribution in [0.2, 0.25) is 18.1 Å². The molecule has 3 rings (SSSR count).